The number of ether oxygens (including phenoxy) is 2. The van der Waals surface area contributed by atoms with Crippen LogP contribution in [0.15, 0.2) is 59.2 Å². The van der Waals surface area contributed by atoms with E-state index in [4.69, 9.17) is 13.9 Å². The predicted molar refractivity (Wildman–Crippen MR) is 82.7 cm³/mol. The molecule has 0 fully saturated rings. The number of hydrogen-bond donors (Lipinski definition) is 0. The molecule has 0 unspecified atom stereocenters. The summed E-state index contributed by atoms with van der Waals surface area (Å²) < 4.78 is 15.9. The quantitative estimate of drug-likeness (QED) is 0.673. The Morgan fingerprint density at radius 3 is 2.73 bits per heavy atom. The van der Waals surface area contributed by atoms with Crippen LogP contribution in [0.3, 0.4) is 0 Å². The fourth-order valence-corrected chi connectivity index (χ4v) is 2.27. The number of esters is 1. The monoisotopic (exact) mass is 296 g/mol. The lowest BCUT2D eigenvalue weighted by Gasteiger charge is -2.04. The summed E-state index contributed by atoms with van der Waals surface area (Å²) in [5.41, 5.74) is 2.48. The summed E-state index contributed by atoms with van der Waals surface area (Å²) in [7, 11) is 1.60. The molecule has 4 heteroatoms. The number of methoxy groups -OCH3 is 1. The van der Waals surface area contributed by atoms with E-state index in [9.17, 15) is 4.79 Å². The van der Waals surface area contributed by atoms with Crippen molar-refractivity contribution < 1.29 is 18.7 Å². The average Bonchev–Trinajstić information content (AvgIpc) is 2.96. The van der Waals surface area contributed by atoms with Gasteiger partial charge in [-0.15, -0.1) is 0 Å². The van der Waals surface area contributed by atoms with Crippen molar-refractivity contribution in [2.75, 3.05) is 7.11 Å². The Bertz CT molecular complexity index is 774. The molecule has 0 atom stereocenters. The van der Waals surface area contributed by atoms with E-state index in [1.54, 1.807) is 19.4 Å². The van der Waals surface area contributed by atoms with E-state index in [-0.39, 0.29) is 19.0 Å². The van der Waals surface area contributed by atoms with Gasteiger partial charge in [-0.05, 0) is 17.7 Å². The van der Waals surface area contributed by atoms with Crippen LogP contribution in [0, 0.1) is 0 Å². The second kappa shape index (κ2) is 6.35. The van der Waals surface area contributed by atoms with Crippen LogP contribution < -0.4 is 4.74 Å². The van der Waals surface area contributed by atoms with E-state index in [2.05, 4.69) is 0 Å². The Balaban J connectivity index is 1.66. The van der Waals surface area contributed by atoms with Gasteiger partial charge in [-0.3, -0.25) is 4.79 Å². The highest BCUT2D eigenvalue weighted by Gasteiger charge is 2.12. The third kappa shape index (κ3) is 3.11. The molecule has 2 aromatic carbocycles. The van der Waals surface area contributed by atoms with Crippen LogP contribution >= 0.6 is 0 Å². The summed E-state index contributed by atoms with van der Waals surface area (Å²) in [5.74, 6) is 0.447. The molecule has 0 amide bonds. The number of furan rings is 1. The molecule has 112 valence electrons. The summed E-state index contributed by atoms with van der Waals surface area (Å²) in [4.78, 5) is 12.0. The van der Waals surface area contributed by atoms with Gasteiger partial charge in [0, 0.05) is 17.0 Å². The van der Waals surface area contributed by atoms with Gasteiger partial charge in [-0.2, -0.15) is 0 Å². The highest BCUT2D eigenvalue weighted by atomic mass is 16.5. The number of carbonyl (C=O) groups excluding carboxylic acids is 1. The van der Waals surface area contributed by atoms with Gasteiger partial charge in [-0.25, -0.2) is 0 Å². The van der Waals surface area contributed by atoms with Gasteiger partial charge in [0.2, 0.25) is 0 Å². The third-order valence-electron chi connectivity index (χ3n) is 3.44. The highest BCUT2D eigenvalue weighted by Crippen LogP contribution is 2.26. The molecule has 3 aromatic rings. The number of rotatable bonds is 5. The summed E-state index contributed by atoms with van der Waals surface area (Å²) in [6.45, 7) is 0.281. The van der Waals surface area contributed by atoms with E-state index >= 15 is 0 Å². The summed E-state index contributed by atoms with van der Waals surface area (Å²) >= 11 is 0. The summed E-state index contributed by atoms with van der Waals surface area (Å²) in [5, 5.41) is 0.900. The molecule has 0 spiro atoms. The lowest BCUT2D eigenvalue weighted by molar-refractivity contribution is -0.144. The summed E-state index contributed by atoms with van der Waals surface area (Å²) in [6.07, 6.45) is 1.78. The minimum absolute atomic E-state index is 0.187. The molecule has 0 saturated heterocycles. The Kier molecular flexibility index (Phi) is 4.10. The second-order valence-corrected chi connectivity index (χ2v) is 4.95. The van der Waals surface area contributed by atoms with Crippen LogP contribution in [-0.2, 0) is 22.6 Å². The molecular weight excluding hydrogens is 280 g/mol. The van der Waals surface area contributed by atoms with Crippen LogP contribution in [0.5, 0.6) is 5.75 Å². The first-order valence-corrected chi connectivity index (χ1v) is 7.00. The first-order valence-electron chi connectivity index (χ1n) is 7.00. The normalized spacial score (nSPS) is 10.6. The van der Waals surface area contributed by atoms with Gasteiger partial charge in [0.05, 0.1) is 19.8 Å². The fourth-order valence-electron chi connectivity index (χ4n) is 2.27. The van der Waals surface area contributed by atoms with Crippen molar-refractivity contribution in [1.82, 2.24) is 0 Å². The molecule has 1 aromatic heterocycles. The first-order chi connectivity index (χ1) is 10.8. The molecule has 0 aliphatic carbocycles. The highest BCUT2D eigenvalue weighted by molar-refractivity contribution is 5.86. The van der Waals surface area contributed by atoms with Gasteiger partial charge < -0.3 is 13.9 Å². The molecule has 0 saturated carbocycles. The number of benzene rings is 2. The summed E-state index contributed by atoms with van der Waals surface area (Å²) in [6, 6.07) is 15.1. The average molecular weight is 296 g/mol. The zero-order valence-corrected chi connectivity index (χ0v) is 12.2. The third-order valence-corrected chi connectivity index (χ3v) is 3.44. The number of fused-ring (bicyclic) bond motifs is 1. The number of carbonyl (C=O) groups is 1. The standard InChI is InChI=1S/C18H16O4/c1-20-15-7-8-16-14(12-21-17(16)10-15)9-18(19)22-11-13-5-3-2-4-6-13/h2-8,10,12H,9,11H2,1H3. The van der Waals surface area contributed by atoms with Crippen LogP contribution in [0.1, 0.15) is 11.1 Å². The molecule has 0 radical (unpaired) electrons. The van der Waals surface area contributed by atoms with Gasteiger partial charge in [0.25, 0.3) is 0 Å². The topological polar surface area (TPSA) is 48.7 Å². The molecule has 22 heavy (non-hydrogen) atoms. The van der Waals surface area contributed by atoms with Crippen LogP contribution in [0.4, 0.5) is 0 Å². The molecule has 0 bridgehead atoms. The SMILES string of the molecule is COc1ccc2c(CC(=O)OCc3ccccc3)coc2c1. The minimum atomic E-state index is -0.276. The Morgan fingerprint density at radius 2 is 1.95 bits per heavy atom. The Hall–Kier alpha value is -2.75. The first kappa shape index (κ1) is 14.2. The van der Waals surface area contributed by atoms with Crippen molar-refractivity contribution in [2.45, 2.75) is 13.0 Å². The molecule has 0 aliphatic rings. The fraction of sp³-hybridized carbons (Fsp3) is 0.167. The van der Waals surface area contributed by atoms with Crippen molar-refractivity contribution in [3.63, 3.8) is 0 Å². The maximum Gasteiger partial charge on any atom is 0.310 e. The van der Waals surface area contributed by atoms with Crippen molar-refractivity contribution in [2.24, 2.45) is 0 Å². The zero-order chi connectivity index (χ0) is 15.4. The predicted octanol–water partition coefficient (Wildman–Crippen LogP) is 3.73. The Morgan fingerprint density at radius 1 is 1.14 bits per heavy atom. The minimum Gasteiger partial charge on any atom is -0.497 e. The van der Waals surface area contributed by atoms with Crippen molar-refractivity contribution >= 4 is 16.9 Å². The van der Waals surface area contributed by atoms with E-state index in [0.29, 0.717) is 5.58 Å². The van der Waals surface area contributed by atoms with Crippen LogP contribution in [0.25, 0.3) is 11.0 Å². The molecule has 3 rings (SSSR count). The van der Waals surface area contributed by atoms with E-state index in [1.807, 2.05) is 42.5 Å². The molecule has 0 N–H and O–H groups in total. The Labute approximate surface area is 128 Å². The van der Waals surface area contributed by atoms with Crippen LogP contribution in [-0.4, -0.2) is 13.1 Å². The lowest BCUT2D eigenvalue weighted by atomic mass is 10.1. The zero-order valence-electron chi connectivity index (χ0n) is 12.2. The van der Waals surface area contributed by atoms with E-state index in [1.165, 1.54) is 0 Å². The molecular formula is C18H16O4. The largest absolute Gasteiger partial charge is 0.497 e. The molecule has 4 nitrogen and oxygen atoms in total. The molecule has 1 heterocycles. The van der Waals surface area contributed by atoms with Gasteiger partial charge >= 0.3 is 5.97 Å². The van der Waals surface area contributed by atoms with E-state index < -0.39 is 0 Å². The van der Waals surface area contributed by atoms with Crippen molar-refractivity contribution in [3.05, 3.63) is 65.9 Å². The smallest absolute Gasteiger partial charge is 0.310 e. The van der Waals surface area contributed by atoms with Crippen molar-refractivity contribution in [1.29, 1.82) is 0 Å². The van der Waals surface area contributed by atoms with Crippen LogP contribution in [0.2, 0.25) is 0 Å². The van der Waals surface area contributed by atoms with Gasteiger partial charge in [0.15, 0.2) is 0 Å². The lowest BCUT2D eigenvalue weighted by Crippen LogP contribution is -2.07. The second-order valence-electron chi connectivity index (χ2n) is 4.95. The number of hydrogen-bond acceptors (Lipinski definition) is 4. The maximum absolute atomic E-state index is 12.0. The van der Waals surface area contributed by atoms with E-state index in [0.717, 1.165) is 22.3 Å². The molecule has 0 aliphatic heterocycles. The van der Waals surface area contributed by atoms with Gasteiger partial charge in [-0.1, -0.05) is 30.3 Å². The maximum atomic E-state index is 12.0. The van der Waals surface area contributed by atoms with Crippen molar-refractivity contribution in [3.8, 4) is 5.75 Å². The van der Waals surface area contributed by atoms with Gasteiger partial charge in [0.1, 0.15) is 17.9 Å².